The molecule has 0 saturated carbocycles. The van der Waals surface area contributed by atoms with Crippen LogP contribution in [0.15, 0.2) is 30.6 Å². The molecule has 3 rings (SSSR count). The molecule has 1 saturated heterocycles. The Hall–Kier alpha value is -2.22. The van der Waals surface area contributed by atoms with Crippen molar-refractivity contribution in [3.63, 3.8) is 0 Å². The van der Waals surface area contributed by atoms with Crippen LogP contribution in [0.4, 0.5) is 11.6 Å². The van der Waals surface area contributed by atoms with E-state index >= 15 is 0 Å². The number of hydrogen-bond acceptors (Lipinski definition) is 7. The minimum Gasteiger partial charge on any atom is -0.366 e. The lowest BCUT2D eigenvalue weighted by molar-refractivity contribution is 0.600. The van der Waals surface area contributed by atoms with Crippen molar-refractivity contribution >= 4 is 21.5 Å². The standard InChI is InChI=1S/C16H21N5O2S/c1-12-19-15(18-10-13-4-3-6-17-9-13)8-16(20-12)21(2)14-5-7-24(22,23)11-14/h3-4,6,8-9,14H,5,7,10-11H2,1-2H3,(H,18,19,20). The van der Waals surface area contributed by atoms with Crippen LogP contribution in [-0.4, -0.2) is 48.0 Å². The van der Waals surface area contributed by atoms with E-state index in [9.17, 15) is 8.42 Å². The Morgan fingerprint density at radius 1 is 1.38 bits per heavy atom. The fraction of sp³-hybridized carbons (Fsp3) is 0.438. The molecule has 8 heteroatoms. The predicted molar refractivity (Wildman–Crippen MR) is 93.8 cm³/mol. The van der Waals surface area contributed by atoms with Crippen LogP contribution in [-0.2, 0) is 16.4 Å². The number of anilines is 2. The van der Waals surface area contributed by atoms with Crippen LogP contribution >= 0.6 is 0 Å². The first-order chi connectivity index (χ1) is 11.4. The molecule has 0 spiro atoms. The van der Waals surface area contributed by atoms with Crippen LogP contribution in [0.5, 0.6) is 0 Å². The van der Waals surface area contributed by atoms with Crippen LogP contribution in [0, 0.1) is 6.92 Å². The maximum Gasteiger partial charge on any atom is 0.152 e. The second-order valence-electron chi connectivity index (χ2n) is 6.04. The summed E-state index contributed by atoms with van der Waals surface area (Å²) in [6.45, 7) is 2.45. The fourth-order valence-corrected chi connectivity index (χ4v) is 4.56. The molecule has 0 radical (unpaired) electrons. The molecule has 1 aliphatic rings. The summed E-state index contributed by atoms with van der Waals surface area (Å²) in [6, 6.07) is 5.70. The lowest BCUT2D eigenvalue weighted by Gasteiger charge is -2.25. The average molecular weight is 347 g/mol. The van der Waals surface area contributed by atoms with Gasteiger partial charge >= 0.3 is 0 Å². The SMILES string of the molecule is Cc1nc(NCc2cccnc2)cc(N(C)C2CCS(=O)(=O)C2)n1. The van der Waals surface area contributed by atoms with Gasteiger partial charge in [0.25, 0.3) is 0 Å². The lowest BCUT2D eigenvalue weighted by atomic mass is 10.2. The molecule has 24 heavy (non-hydrogen) atoms. The fourth-order valence-electron chi connectivity index (χ4n) is 2.79. The van der Waals surface area contributed by atoms with Gasteiger partial charge in [-0.05, 0) is 25.0 Å². The van der Waals surface area contributed by atoms with Crippen LogP contribution < -0.4 is 10.2 Å². The van der Waals surface area contributed by atoms with Gasteiger partial charge in [-0.3, -0.25) is 4.98 Å². The van der Waals surface area contributed by atoms with Crippen molar-refractivity contribution in [1.82, 2.24) is 15.0 Å². The van der Waals surface area contributed by atoms with Crippen molar-refractivity contribution in [3.8, 4) is 0 Å². The summed E-state index contributed by atoms with van der Waals surface area (Å²) in [7, 11) is -1.04. The Balaban J connectivity index is 1.74. The second kappa shape index (κ2) is 6.72. The van der Waals surface area contributed by atoms with Crippen LogP contribution in [0.25, 0.3) is 0 Å². The van der Waals surface area contributed by atoms with Gasteiger partial charge in [-0.25, -0.2) is 18.4 Å². The molecular weight excluding hydrogens is 326 g/mol. The topological polar surface area (TPSA) is 88.1 Å². The first-order valence-corrected chi connectivity index (χ1v) is 9.67. The van der Waals surface area contributed by atoms with Gasteiger partial charge < -0.3 is 10.2 Å². The minimum atomic E-state index is -2.92. The van der Waals surface area contributed by atoms with Crippen molar-refractivity contribution < 1.29 is 8.42 Å². The highest BCUT2D eigenvalue weighted by atomic mass is 32.2. The number of sulfone groups is 1. The Morgan fingerprint density at radius 3 is 2.88 bits per heavy atom. The van der Waals surface area contributed by atoms with Gasteiger partial charge in [0, 0.05) is 38.1 Å². The van der Waals surface area contributed by atoms with E-state index in [4.69, 9.17) is 0 Å². The van der Waals surface area contributed by atoms with Crippen molar-refractivity contribution in [1.29, 1.82) is 0 Å². The van der Waals surface area contributed by atoms with Gasteiger partial charge in [0.2, 0.25) is 0 Å². The number of rotatable bonds is 5. The zero-order valence-corrected chi connectivity index (χ0v) is 14.6. The zero-order valence-electron chi connectivity index (χ0n) is 13.8. The Kier molecular flexibility index (Phi) is 4.66. The molecule has 128 valence electrons. The Bertz CT molecular complexity index is 810. The molecule has 1 unspecified atom stereocenters. The normalized spacial score (nSPS) is 19.2. The number of aryl methyl sites for hydroxylation is 1. The quantitative estimate of drug-likeness (QED) is 0.875. The largest absolute Gasteiger partial charge is 0.366 e. The summed E-state index contributed by atoms with van der Waals surface area (Å²) >= 11 is 0. The van der Waals surface area contributed by atoms with Crippen molar-refractivity contribution in [2.75, 3.05) is 28.8 Å². The van der Waals surface area contributed by atoms with Gasteiger partial charge in [0.05, 0.1) is 11.5 Å². The molecule has 1 N–H and O–H groups in total. The van der Waals surface area contributed by atoms with E-state index in [2.05, 4.69) is 20.3 Å². The molecule has 3 heterocycles. The Morgan fingerprint density at radius 2 is 2.21 bits per heavy atom. The first-order valence-electron chi connectivity index (χ1n) is 7.85. The van der Waals surface area contributed by atoms with E-state index in [1.165, 1.54) is 0 Å². The average Bonchev–Trinajstić information content (AvgIpc) is 2.93. The molecule has 7 nitrogen and oxygen atoms in total. The van der Waals surface area contributed by atoms with Gasteiger partial charge in [-0.1, -0.05) is 6.07 Å². The summed E-state index contributed by atoms with van der Waals surface area (Å²) in [4.78, 5) is 14.9. The zero-order chi connectivity index (χ0) is 17.2. The highest BCUT2D eigenvalue weighted by Crippen LogP contribution is 2.23. The third kappa shape index (κ3) is 4.00. The van der Waals surface area contributed by atoms with Crippen molar-refractivity contribution in [2.24, 2.45) is 0 Å². The van der Waals surface area contributed by atoms with Crippen LogP contribution in [0.2, 0.25) is 0 Å². The van der Waals surface area contributed by atoms with Crippen molar-refractivity contribution in [3.05, 3.63) is 42.0 Å². The number of nitrogens with one attached hydrogen (secondary N) is 1. The number of aromatic nitrogens is 3. The van der Waals surface area contributed by atoms with E-state index in [0.29, 0.717) is 24.6 Å². The van der Waals surface area contributed by atoms with Gasteiger partial charge in [-0.2, -0.15) is 0 Å². The van der Waals surface area contributed by atoms with E-state index in [1.807, 2.05) is 37.1 Å². The summed E-state index contributed by atoms with van der Waals surface area (Å²) < 4.78 is 23.4. The molecule has 0 aliphatic carbocycles. The van der Waals surface area contributed by atoms with Crippen LogP contribution in [0.3, 0.4) is 0 Å². The summed E-state index contributed by atoms with van der Waals surface area (Å²) in [5, 5.41) is 3.27. The maximum absolute atomic E-state index is 11.7. The third-order valence-electron chi connectivity index (χ3n) is 4.14. The predicted octanol–water partition coefficient (Wildman–Crippen LogP) is 1.42. The molecular formula is C16H21N5O2S. The minimum absolute atomic E-state index is 0.0320. The molecule has 2 aromatic rings. The van der Waals surface area contributed by atoms with Gasteiger partial charge in [-0.15, -0.1) is 0 Å². The van der Waals surface area contributed by atoms with E-state index < -0.39 is 9.84 Å². The van der Waals surface area contributed by atoms with Gasteiger partial charge in [0.15, 0.2) is 9.84 Å². The third-order valence-corrected chi connectivity index (χ3v) is 5.89. The van der Waals surface area contributed by atoms with E-state index in [-0.39, 0.29) is 17.5 Å². The van der Waals surface area contributed by atoms with Crippen LogP contribution in [0.1, 0.15) is 17.8 Å². The smallest absolute Gasteiger partial charge is 0.152 e. The van der Waals surface area contributed by atoms with E-state index in [1.54, 1.807) is 12.4 Å². The maximum atomic E-state index is 11.7. The van der Waals surface area contributed by atoms with E-state index in [0.717, 1.165) is 11.4 Å². The number of nitrogens with zero attached hydrogens (tertiary/aromatic N) is 4. The number of hydrogen-bond donors (Lipinski definition) is 1. The molecule has 2 aromatic heterocycles. The number of pyridine rings is 1. The monoisotopic (exact) mass is 347 g/mol. The second-order valence-corrected chi connectivity index (χ2v) is 8.27. The molecule has 1 atom stereocenters. The molecule has 1 fully saturated rings. The lowest BCUT2D eigenvalue weighted by Crippen LogP contribution is -2.33. The van der Waals surface area contributed by atoms with Crippen molar-refractivity contribution in [2.45, 2.75) is 25.9 Å². The Labute approximate surface area is 142 Å². The molecule has 0 aromatic carbocycles. The highest BCUT2D eigenvalue weighted by molar-refractivity contribution is 7.91. The first kappa shape index (κ1) is 16.6. The summed E-state index contributed by atoms with van der Waals surface area (Å²) in [6.07, 6.45) is 4.18. The van der Waals surface area contributed by atoms with Gasteiger partial charge in [0.1, 0.15) is 17.5 Å². The summed E-state index contributed by atoms with van der Waals surface area (Å²) in [5.74, 6) is 2.53. The summed E-state index contributed by atoms with van der Waals surface area (Å²) in [5.41, 5.74) is 1.06. The highest BCUT2D eigenvalue weighted by Gasteiger charge is 2.31. The molecule has 1 aliphatic heterocycles. The molecule has 0 amide bonds. The molecule has 0 bridgehead atoms.